The Balaban J connectivity index is 0.00000739. The van der Waals surface area contributed by atoms with E-state index in [0.29, 0.717) is 28.4 Å². The van der Waals surface area contributed by atoms with Gasteiger partial charge in [-0.1, -0.05) is 212 Å². The van der Waals surface area contributed by atoms with Gasteiger partial charge in [0, 0.05) is 72.6 Å². The van der Waals surface area contributed by atoms with E-state index in [9.17, 15) is 2.74 Å². The Bertz CT molecular complexity index is 4390. The summed E-state index contributed by atoms with van der Waals surface area (Å²) in [6.07, 6.45) is 1.92. The van der Waals surface area contributed by atoms with Crippen LogP contribution in [0, 0.1) is 39.6 Å². The summed E-state index contributed by atoms with van der Waals surface area (Å²) in [5, 5.41) is 5.17. The SMILES string of the molecule is [2H]c1c([2H])c([2H])c(-c2c(C)c(C)c(C)c(-c3cc(C(C)(C)C)cc(C(C)(C)C)c3)c2N2[CH-]N(c3[c-]c(Oc4[c-]c5c6c(c4)-c4ccccc4[Si]6(c4ccccc4)c4ccccc4N5c4cc(C(C)(C)C)ccn4)ccc3)c3ccccc32)c([2H])c1[2H].[Pt]. The summed E-state index contributed by atoms with van der Waals surface area (Å²) in [6, 6.07) is 62.2. The van der Waals surface area contributed by atoms with E-state index < -0.39 is 14.1 Å². The number of rotatable bonds is 8. The Morgan fingerprint density at radius 2 is 1.12 bits per heavy atom. The van der Waals surface area contributed by atoms with Gasteiger partial charge in [0.25, 0.3) is 0 Å². The van der Waals surface area contributed by atoms with Crippen molar-refractivity contribution in [3.05, 3.63) is 246 Å². The van der Waals surface area contributed by atoms with Crippen molar-refractivity contribution in [3.8, 4) is 44.9 Å². The Morgan fingerprint density at radius 1 is 0.524 bits per heavy atom. The second-order valence-corrected chi connectivity index (χ2v) is 28.7. The molecule has 0 bridgehead atoms. The first-order valence-corrected chi connectivity index (χ1v) is 30.1. The van der Waals surface area contributed by atoms with Gasteiger partial charge >= 0.3 is 0 Å². The monoisotopic (exact) mass is 1270 g/mol. The van der Waals surface area contributed by atoms with Crippen molar-refractivity contribution in [2.45, 2.75) is 99.3 Å². The molecule has 3 aliphatic heterocycles. The molecule has 0 spiro atoms. The summed E-state index contributed by atoms with van der Waals surface area (Å²) in [5.41, 5.74) is 15.8. The average Bonchev–Trinajstić information content (AvgIpc) is 1.57. The van der Waals surface area contributed by atoms with Crippen LogP contribution in [0.3, 0.4) is 0 Å². The molecular weight excluding hydrogens is 1200 g/mol. The number of nitrogens with zero attached hydrogens (tertiary/aromatic N) is 4. The van der Waals surface area contributed by atoms with Crippen LogP contribution in [0.15, 0.2) is 194 Å². The first kappa shape index (κ1) is 48.9. The molecule has 1 unspecified atom stereocenters. The van der Waals surface area contributed by atoms with Gasteiger partial charge in [-0.15, -0.1) is 53.4 Å². The van der Waals surface area contributed by atoms with E-state index >= 15 is 0 Å². The molecule has 412 valence electrons. The number of aromatic nitrogens is 1. The first-order chi connectivity index (χ1) is 40.9. The fraction of sp³-hybridized carbons (Fsp3) is 0.200. The largest absolute Gasteiger partial charge is 0.509 e. The quantitative estimate of drug-likeness (QED) is 0.112. The zero-order valence-electron chi connectivity index (χ0n) is 53.7. The normalized spacial score (nSPS) is 16.0. The minimum Gasteiger partial charge on any atom is -0.509 e. The van der Waals surface area contributed by atoms with E-state index in [4.69, 9.17) is 13.8 Å². The van der Waals surface area contributed by atoms with Crippen LogP contribution in [-0.4, -0.2) is 13.1 Å². The minimum absolute atomic E-state index is 0. The van der Waals surface area contributed by atoms with Gasteiger partial charge in [-0.3, -0.25) is 0 Å². The molecule has 10 aromatic rings. The number of hydrogen-bond acceptors (Lipinski definition) is 5. The van der Waals surface area contributed by atoms with Crippen molar-refractivity contribution in [2.24, 2.45) is 0 Å². The predicted molar refractivity (Wildman–Crippen MR) is 342 cm³/mol. The number of para-hydroxylation sites is 3. The van der Waals surface area contributed by atoms with Crippen LogP contribution in [0.4, 0.5) is 39.9 Å². The third-order valence-corrected chi connectivity index (χ3v) is 21.9. The maximum Gasteiger partial charge on any atom is 0.135 e. The molecule has 7 heteroatoms. The van der Waals surface area contributed by atoms with Gasteiger partial charge in [-0.2, -0.15) is 6.07 Å². The first-order valence-electron chi connectivity index (χ1n) is 30.6. The molecule has 1 aromatic heterocycles. The predicted octanol–water partition coefficient (Wildman–Crippen LogP) is 17.2. The molecule has 1 atom stereocenters. The molecule has 82 heavy (non-hydrogen) atoms. The number of anilines is 7. The summed E-state index contributed by atoms with van der Waals surface area (Å²) in [4.78, 5) is 11.7. The zero-order valence-corrected chi connectivity index (χ0v) is 52.0. The van der Waals surface area contributed by atoms with Crippen LogP contribution >= 0.6 is 0 Å². The smallest absolute Gasteiger partial charge is 0.135 e. The molecule has 13 rings (SSSR count). The van der Waals surface area contributed by atoms with Crippen LogP contribution in [0.25, 0.3) is 33.4 Å². The van der Waals surface area contributed by atoms with Gasteiger partial charge in [0.05, 0.1) is 6.85 Å². The minimum atomic E-state index is -2.96. The molecule has 0 amide bonds. The van der Waals surface area contributed by atoms with Crippen molar-refractivity contribution in [1.29, 1.82) is 0 Å². The molecule has 0 fully saturated rings. The van der Waals surface area contributed by atoms with Crippen molar-refractivity contribution in [1.82, 2.24) is 4.98 Å². The molecule has 0 saturated heterocycles. The van der Waals surface area contributed by atoms with E-state index in [-0.39, 0.29) is 67.0 Å². The summed E-state index contributed by atoms with van der Waals surface area (Å²) in [5.74, 6) is 1.83. The van der Waals surface area contributed by atoms with Crippen LogP contribution in [-0.2, 0) is 37.3 Å². The van der Waals surface area contributed by atoms with Crippen LogP contribution < -0.4 is 40.2 Å². The second-order valence-electron chi connectivity index (χ2n) is 25.1. The van der Waals surface area contributed by atoms with Crippen LogP contribution in [0.2, 0.25) is 0 Å². The van der Waals surface area contributed by atoms with E-state index in [1.54, 1.807) is 0 Å². The molecular formula is C75H69N4OPtSi-3. The van der Waals surface area contributed by atoms with E-state index in [2.05, 4.69) is 237 Å². The Morgan fingerprint density at radius 3 is 1.79 bits per heavy atom. The summed E-state index contributed by atoms with van der Waals surface area (Å²) in [6.45, 7) is 28.4. The molecule has 3 aliphatic rings. The van der Waals surface area contributed by atoms with Gasteiger partial charge in [0.1, 0.15) is 13.9 Å². The second kappa shape index (κ2) is 20.3. The van der Waals surface area contributed by atoms with E-state index in [1.807, 2.05) is 43.5 Å². The number of hydrogen-bond donors (Lipinski definition) is 0. The van der Waals surface area contributed by atoms with Crippen molar-refractivity contribution < 1.29 is 32.7 Å². The summed E-state index contributed by atoms with van der Waals surface area (Å²) >= 11 is 0. The fourth-order valence-corrected chi connectivity index (χ4v) is 18.1. The third kappa shape index (κ3) is 8.87. The van der Waals surface area contributed by atoms with Gasteiger partial charge in [-0.05, 0) is 123 Å². The van der Waals surface area contributed by atoms with Gasteiger partial charge in [0.15, 0.2) is 0 Å². The average molecular weight is 1270 g/mol. The molecule has 0 saturated carbocycles. The maximum absolute atomic E-state index is 9.55. The maximum atomic E-state index is 9.55. The number of pyridine rings is 1. The molecule has 0 aliphatic carbocycles. The van der Waals surface area contributed by atoms with E-state index in [1.165, 1.54) is 43.0 Å². The Kier molecular flexibility index (Phi) is 12.1. The molecule has 9 aromatic carbocycles. The van der Waals surface area contributed by atoms with Crippen molar-refractivity contribution >= 4 is 68.8 Å². The van der Waals surface area contributed by atoms with Crippen LogP contribution in [0.1, 0.15) is 103 Å². The third-order valence-electron chi connectivity index (χ3n) is 17.0. The fourth-order valence-electron chi connectivity index (χ4n) is 12.6. The Hall–Kier alpha value is -7.76. The van der Waals surface area contributed by atoms with Gasteiger partial charge in [0.2, 0.25) is 0 Å². The van der Waals surface area contributed by atoms with Crippen molar-refractivity contribution in [2.75, 3.05) is 14.7 Å². The van der Waals surface area contributed by atoms with Crippen LogP contribution in [0.5, 0.6) is 11.5 Å². The molecule has 5 nitrogen and oxygen atoms in total. The summed E-state index contributed by atoms with van der Waals surface area (Å²) < 4.78 is 52.9. The molecule has 0 radical (unpaired) electrons. The van der Waals surface area contributed by atoms with Gasteiger partial charge < -0.3 is 19.4 Å². The Labute approximate surface area is 508 Å². The zero-order chi connectivity index (χ0) is 60.7. The van der Waals surface area contributed by atoms with Gasteiger partial charge in [-0.25, -0.2) is 4.98 Å². The summed E-state index contributed by atoms with van der Waals surface area (Å²) in [7, 11) is -2.96. The molecule has 0 N–H and O–H groups in total. The topological polar surface area (TPSA) is 31.8 Å². The number of benzene rings is 9. The van der Waals surface area contributed by atoms with E-state index in [0.717, 1.165) is 61.9 Å². The molecule has 4 heterocycles. The number of fused-ring (bicyclic) bond motifs is 6. The van der Waals surface area contributed by atoms with Crippen molar-refractivity contribution in [3.63, 3.8) is 0 Å². The number of ether oxygens (including phenoxy) is 1. The standard InChI is InChI=1S/C75H69N4OSi.Pt/c1-48-49(2)69(51-26-15-13-16-27-51)71(70(50(48)3)52-40-54(74(7,8)9)42-55(41-52)75(10,11)12)78-47-77(62-33-20-21-34-63(62)78)56-28-25-29-57(44-56)80-58-45-61-60-32-19-23-36-66(60)81(59-30-17-14-18-31-59)67-37-24-22-35-64(67)79(65(46-58)72(61)81)68-43-53(38-39-76-68)73(4,5)6;/h13-43,45,47H,1-12H3;/q-3;/i13D,15D,16D,26D,27D;.